The molecule has 110 valence electrons. The standard InChI is InChI=1S/C15H21NO4/c1-16(7-2-4-15(17)18)11-12-5-6-13-14(10-12)20-9-3-8-19-13/h5-6,10H,2-4,7-9,11H2,1H3,(H,17,18). The number of rotatable bonds is 6. The molecule has 0 saturated heterocycles. The minimum absolute atomic E-state index is 0.214. The van der Waals surface area contributed by atoms with Gasteiger partial charge in [-0.1, -0.05) is 6.07 Å². The highest BCUT2D eigenvalue weighted by Crippen LogP contribution is 2.30. The van der Waals surface area contributed by atoms with Crippen LogP contribution in [-0.2, 0) is 11.3 Å². The lowest BCUT2D eigenvalue weighted by atomic mass is 10.2. The highest BCUT2D eigenvalue weighted by molar-refractivity contribution is 5.66. The predicted molar refractivity (Wildman–Crippen MR) is 75.3 cm³/mol. The Hall–Kier alpha value is -1.75. The van der Waals surface area contributed by atoms with Gasteiger partial charge in [0.1, 0.15) is 0 Å². The number of carboxylic acid groups (broad SMARTS) is 1. The van der Waals surface area contributed by atoms with Gasteiger partial charge in [-0.2, -0.15) is 0 Å². The maximum atomic E-state index is 10.5. The molecule has 0 spiro atoms. The van der Waals surface area contributed by atoms with E-state index in [1.807, 2.05) is 25.2 Å². The lowest BCUT2D eigenvalue weighted by Gasteiger charge is -2.17. The highest BCUT2D eigenvalue weighted by Gasteiger charge is 2.11. The molecule has 0 amide bonds. The van der Waals surface area contributed by atoms with Crippen molar-refractivity contribution in [2.75, 3.05) is 26.8 Å². The minimum Gasteiger partial charge on any atom is -0.490 e. The van der Waals surface area contributed by atoms with E-state index in [9.17, 15) is 4.79 Å². The van der Waals surface area contributed by atoms with E-state index >= 15 is 0 Å². The molecule has 0 aliphatic carbocycles. The molecule has 0 fully saturated rings. The zero-order valence-corrected chi connectivity index (χ0v) is 11.8. The lowest BCUT2D eigenvalue weighted by Crippen LogP contribution is -2.19. The van der Waals surface area contributed by atoms with Crippen molar-refractivity contribution in [2.45, 2.75) is 25.8 Å². The summed E-state index contributed by atoms with van der Waals surface area (Å²) in [6.45, 7) is 2.92. The molecule has 1 aromatic carbocycles. The number of fused-ring (bicyclic) bond motifs is 1. The van der Waals surface area contributed by atoms with Crippen LogP contribution in [0.4, 0.5) is 0 Å². The average Bonchev–Trinajstić information content (AvgIpc) is 2.62. The number of carbonyl (C=O) groups is 1. The van der Waals surface area contributed by atoms with Crippen LogP contribution in [0.5, 0.6) is 11.5 Å². The summed E-state index contributed by atoms with van der Waals surface area (Å²) in [5.74, 6) is 0.868. The quantitative estimate of drug-likeness (QED) is 0.864. The Labute approximate surface area is 119 Å². The Morgan fingerprint density at radius 2 is 2.05 bits per heavy atom. The van der Waals surface area contributed by atoms with Gasteiger partial charge in [-0.25, -0.2) is 0 Å². The van der Waals surface area contributed by atoms with Gasteiger partial charge in [0.15, 0.2) is 11.5 Å². The van der Waals surface area contributed by atoms with Gasteiger partial charge in [0.25, 0.3) is 0 Å². The predicted octanol–water partition coefficient (Wildman–Crippen LogP) is 2.14. The fraction of sp³-hybridized carbons (Fsp3) is 0.533. The lowest BCUT2D eigenvalue weighted by molar-refractivity contribution is -0.137. The van der Waals surface area contributed by atoms with Gasteiger partial charge < -0.3 is 19.5 Å². The molecule has 1 N–H and O–H groups in total. The van der Waals surface area contributed by atoms with Gasteiger partial charge in [0.2, 0.25) is 0 Å². The average molecular weight is 279 g/mol. The Morgan fingerprint density at radius 1 is 1.30 bits per heavy atom. The molecule has 5 heteroatoms. The SMILES string of the molecule is CN(CCCC(=O)O)Cc1ccc2c(c1)OCCCO2. The molecule has 20 heavy (non-hydrogen) atoms. The second-order valence-corrected chi connectivity index (χ2v) is 5.07. The van der Waals surface area contributed by atoms with Crippen LogP contribution in [0.1, 0.15) is 24.8 Å². The van der Waals surface area contributed by atoms with E-state index in [2.05, 4.69) is 4.90 Å². The molecule has 0 radical (unpaired) electrons. The van der Waals surface area contributed by atoms with Crippen molar-refractivity contribution in [3.05, 3.63) is 23.8 Å². The van der Waals surface area contributed by atoms with Crippen LogP contribution in [0.3, 0.4) is 0 Å². The van der Waals surface area contributed by atoms with E-state index in [1.54, 1.807) is 0 Å². The second-order valence-electron chi connectivity index (χ2n) is 5.07. The fourth-order valence-electron chi connectivity index (χ4n) is 2.20. The molecule has 0 bridgehead atoms. The van der Waals surface area contributed by atoms with E-state index < -0.39 is 5.97 Å². The van der Waals surface area contributed by atoms with E-state index in [0.29, 0.717) is 19.6 Å². The third-order valence-electron chi connectivity index (χ3n) is 3.19. The second kappa shape index (κ2) is 7.14. The molecule has 1 aliphatic heterocycles. The molecule has 0 atom stereocenters. The van der Waals surface area contributed by atoms with Gasteiger partial charge >= 0.3 is 5.97 Å². The Bertz CT molecular complexity index is 461. The number of ether oxygens (including phenoxy) is 2. The first kappa shape index (κ1) is 14.7. The van der Waals surface area contributed by atoms with Gasteiger partial charge in [0, 0.05) is 19.4 Å². The van der Waals surface area contributed by atoms with E-state index in [4.69, 9.17) is 14.6 Å². The zero-order chi connectivity index (χ0) is 14.4. The van der Waals surface area contributed by atoms with Gasteiger partial charge in [-0.15, -0.1) is 0 Å². The van der Waals surface area contributed by atoms with Crippen LogP contribution in [0.2, 0.25) is 0 Å². The molecular formula is C15H21NO4. The largest absolute Gasteiger partial charge is 0.490 e. The van der Waals surface area contributed by atoms with Crippen LogP contribution in [0.25, 0.3) is 0 Å². The fourth-order valence-corrected chi connectivity index (χ4v) is 2.20. The Balaban J connectivity index is 1.89. The topological polar surface area (TPSA) is 59.0 Å². The normalized spacial score (nSPS) is 14.1. The molecule has 1 heterocycles. The number of hydrogen-bond donors (Lipinski definition) is 1. The molecule has 2 rings (SSSR count). The van der Waals surface area contributed by atoms with Crippen molar-refractivity contribution in [3.63, 3.8) is 0 Å². The number of hydrogen-bond acceptors (Lipinski definition) is 4. The Morgan fingerprint density at radius 3 is 2.80 bits per heavy atom. The number of aliphatic carboxylic acids is 1. The van der Waals surface area contributed by atoms with Gasteiger partial charge in [-0.05, 0) is 37.7 Å². The van der Waals surface area contributed by atoms with Crippen LogP contribution in [0.15, 0.2) is 18.2 Å². The number of carboxylic acids is 1. The first-order valence-corrected chi connectivity index (χ1v) is 6.94. The van der Waals surface area contributed by atoms with Gasteiger partial charge in [-0.3, -0.25) is 4.79 Å². The summed E-state index contributed by atoms with van der Waals surface area (Å²) < 4.78 is 11.3. The number of nitrogens with zero attached hydrogens (tertiary/aromatic N) is 1. The molecular weight excluding hydrogens is 258 g/mol. The summed E-state index contributed by atoms with van der Waals surface area (Å²) in [6, 6.07) is 5.98. The van der Waals surface area contributed by atoms with Crippen molar-refractivity contribution in [2.24, 2.45) is 0 Å². The van der Waals surface area contributed by atoms with Crippen molar-refractivity contribution >= 4 is 5.97 Å². The summed E-state index contributed by atoms with van der Waals surface area (Å²) in [5, 5.41) is 8.63. The number of benzene rings is 1. The van der Waals surface area contributed by atoms with Crippen LogP contribution in [-0.4, -0.2) is 42.8 Å². The van der Waals surface area contributed by atoms with Crippen LogP contribution < -0.4 is 9.47 Å². The first-order chi connectivity index (χ1) is 9.65. The zero-order valence-electron chi connectivity index (χ0n) is 11.8. The summed E-state index contributed by atoms with van der Waals surface area (Å²) >= 11 is 0. The molecule has 1 aliphatic rings. The molecule has 0 aromatic heterocycles. The van der Waals surface area contributed by atoms with E-state index in [1.165, 1.54) is 0 Å². The molecule has 0 saturated carbocycles. The third-order valence-corrected chi connectivity index (χ3v) is 3.19. The summed E-state index contributed by atoms with van der Waals surface area (Å²) in [5.41, 5.74) is 1.15. The van der Waals surface area contributed by atoms with E-state index in [0.717, 1.165) is 36.6 Å². The Kier molecular flexibility index (Phi) is 5.24. The molecule has 0 unspecified atom stereocenters. The monoisotopic (exact) mass is 279 g/mol. The summed E-state index contributed by atoms with van der Waals surface area (Å²) in [4.78, 5) is 12.6. The van der Waals surface area contributed by atoms with Crippen molar-refractivity contribution in [1.29, 1.82) is 0 Å². The van der Waals surface area contributed by atoms with Crippen molar-refractivity contribution < 1.29 is 19.4 Å². The maximum Gasteiger partial charge on any atom is 0.303 e. The first-order valence-electron chi connectivity index (χ1n) is 6.94. The maximum absolute atomic E-state index is 10.5. The minimum atomic E-state index is -0.742. The van der Waals surface area contributed by atoms with Crippen LogP contribution in [0, 0.1) is 0 Å². The van der Waals surface area contributed by atoms with Crippen molar-refractivity contribution in [3.8, 4) is 11.5 Å². The highest BCUT2D eigenvalue weighted by atomic mass is 16.5. The molecule has 1 aromatic rings. The van der Waals surface area contributed by atoms with Crippen molar-refractivity contribution in [1.82, 2.24) is 4.90 Å². The van der Waals surface area contributed by atoms with Crippen LogP contribution >= 0.6 is 0 Å². The van der Waals surface area contributed by atoms with E-state index in [-0.39, 0.29) is 6.42 Å². The third kappa shape index (κ3) is 4.42. The molecule has 5 nitrogen and oxygen atoms in total. The summed E-state index contributed by atoms with van der Waals surface area (Å²) in [7, 11) is 1.99. The summed E-state index contributed by atoms with van der Waals surface area (Å²) in [6.07, 6.45) is 1.78. The smallest absolute Gasteiger partial charge is 0.303 e. The van der Waals surface area contributed by atoms with Gasteiger partial charge in [0.05, 0.1) is 13.2 Å².